The molecule has 1 aliphatic heterocycles. The second-order valence-electron chi connectivity index (χ2n) is 6.85. The summed E-state index contributed by atoms with van der Waals surface area (Å²) in [7, 11) is -3.93. The fraction of sp³-hybridized carbons (Fsp3) is 0.353. The lowest BCUT2D eigenvalue weighted by molar-refractivity contribution is -0.124. The second-order valence-corrected chi connectivity index (χ2v) is 8.69. The highest BCUT2D eigenvalue weighted by Gasteiger charge is 2.48. The number of urea groups is 1. The van der Waals surface area contributed by atoms with E-state index in [-0.39, 0.29) is 17.8 Å². The number of imide groups is 1. The van der Waals surface area contributed by atoms with Crippen molar-refractivity contribution in [2.24, 2.45) is 4.99 Å². The Balaban J connectivity index is 1.61. The molecule has 0 saturated heterocycles. The van der Waals surface area contributed by atoms with Gasteiger partial charge in [0.2, 0.25) is 10.0 Å². The third-order valence-electron chi connectivity index (χ3n) is 4.62. The minimum atomic E-state index is -3.93. The molecule has 3 aliphatic rings. The molecular formula is C17H15N5O5S. The van der Waals surface area contributed by atoms with Crippen molar-refractivity contribution in [3.63, 3.8) is 0 Å². The van der Waals surface area contributed by atoms with Crippen LogP contribution >= 0.6 is 0 Å². The van der Waals surface area contributed by atoms with E-state index in [0.717, 1.165) is 4.90 Å². The zero-order valence-corrected chi connectivity index (χ0v) is 15.6. The van der Waals surface area contributed by atoms with E-state index in [2.05, 4.69) is 14.9 Å². The summed E-state index contributed by atoms with van der Waals surface area (Å²) in [4.78, 5) is 29.7. The van der Waals surface area contributed by atoms with Crippen LogP contribution in [0.5, 0.6) is 0 Å². The molecule has 1 unspecified atom stereocenters. The van der Waals surface area contributed by atoms with Gasteiger partial charge in [-0.25, -0.2) is 13.2 Å². The Kier molecular flexibility index (Phi) is 4.06. The topological polar surface area (TPSA) is 146 Å². The number of fused-ring (bicyclic) bond motifs is 1. The van der Waals surface area contributed by atoms with Crippen LogP contribution in [0.4, 0.5) is 4.79 Å². The van der Waals surface area contributed by atoms with Crippen molar-refractivity contribution in [1.82, 2.24) is 14.8 Å². The molecule has 0 radical (unpaired) electrons. The maximum absolute atomic E-state index is 12.8. The molecule has 144 valence electrons. The quantitative estimate of drug-likeness (QED) is 0.765. The number of nitrogens with one attached hydrogen (secondary N) is 1. The third kappa shape index (κ3) is 3.17. The van der Waals surface area contributed by atoms with Gasteiger partial charge in [-0.2, -0.15) is 15.0 Å². The van der Waals surface area contributed by atoms with E-state index in [4.69, 9.17) is 9.78 Å². The number of carbonyl (C=O) groups excluding carboxylic acids is 2. The molecule has 1 saturated carbocycles. The van der Waals surface area contributed by atoms with Crippen LogP contribution in [0, 0.1) is 18.3 Å². The monoisotopic (exact) mass is 401 g/mol. The van der Waals surface area contributed by atoms with Crippen molar-refractivity contribution in [3.05, 3.63) is 41.3 Å². The number of carbonyl (C=O) groups is 2. The van der Waals surface area contributed by atoms with Gasteiger partial charge in [-0.05, 0) is 31.9 Å². The summed E-state index contributed by atoms with van der Waals surface area (Å²) in [5.41, 5.74) is -0.356. The van der Waals surface area contributed by atoms with Crippen LogP contribution in [-0.2, 0) is 21.4 Å². The van der Waals surface area contributed by atoms with Crippen LogP contribution in [0.3, 0.4) is 0 Å². The Morgan fingerprint density at radius 2 is 2.18 bits per heavy atom. The zero-order valence-electron chi connectivity index (χ0n) is 14.7. The molecule has 10 nitrogen and oxygen atoms in total. The third-order valence-corrected chi connectivity index (χ3v) is 6.31. The second kappa shape index (κ2) is 6.22. The Morgan fingerprint density at radius 3 is 2.79 bits per heavy atom. The predicted octanol–water partition coefficient (Wildman–Crippen LogP) is 0.727. The molecule has 0 spiro atoms. The molecule has 2 heterocycles. The van der Waals surface area contributed by atoms with Crippen molar-refractivity contribution < 1.29 is 22.5 Å². The summed E-state index contributed by atoms with van der Waals surface area (Å²) in [6.45, 7) is 1.54. The molecule has 2 aliphatic carbocycles. The number of aryl methyl sites for hydroxylation is 1. The van der Waals surface area contributed by atoms with Gasteiger partial charge in [0.25, 0.3) is 5.91 Å². The number of allylic oxidation sites excluding steroid dienone is 1. The highest BCUT2D eigenvalue weighted by molar-refractivity contribution is 7.90. The number of sulfonamides is 1. The van der Waals surface area contributed by atoms with Crippen molar-refractivity contribution in [3.8, 4) is 6.07 Å². The van der Waals surface area contributed by atoms with E-state index in [1.54, 1.807) is 13.0 Å². The summed E-state index contributed by atoms with van der Waals surface area (Å²) in [6.07, 6.45) is 4.79. The van der Waals surface area contributed by atoms with E-state index in [1.165, 1.54) is 18.2 Å². The van der Waals surface area contributed by atoms with Gasteiger partial charge < -0.3 is 4.52 Å². The van der Waals surface area contributed by atoms with Crippen LogP contribution in [0.2, 0.25) is 0 Å². The van der Waals surface area contributed by atoms with E-state index in [1.807, 2.05) is 6.07 Å². The number of hydrogen-bond donors (Lipinski definition) is 1. The largest absolute Gasteiger partial charge is 0.359 e. The van der Waals surface area contributed by atoms with Crippen LogP contribution in [0.15, 0.2) is 39.4 Å². The fourth-order valence-electron chi connectivity index (χ4n) is 2.94. The van der Waals surface area contributed by atoms with E-state index < -0.39 is 32.8 Å². The lowest BCUT2D eigenvalue weighted by Crippen LogP contribution is -2.45. The average Bonchev–Trinajstić information content (AvgIpc) is 3.29. The number of hydrogen-bond acceptors (Lipinski definition) is 7. The zero-order chi connectivity index (χ0) is 20.1. The Labute approximate surface area is 160 Å². The first kappa shape index (κ1) is 18.3. The molecule has 1 aromatic heterocycles. The SMILES string of the molecule is Cc1cc(CN2C(=O)N=C3C=CC(S(=O)(=O)NC4(C#N)CC4)C=C3C2=O)on1. The molecule has 1 fully saturated rings. The molecule has 4 rings (SSSR count). The van der Waals surface area contributed by atoms with Crippen molar-refractivity contribution in [1.29, 1.82) is 5.26 Å². The fourth-order valence-corrected chi connectivity index (χ4v) is 4.47. The van der Waals surface area contributed by atoms with Gasteiger partial charge in [-0.3, -0.25) is 9.69 Å². The van der Waals surface area contributed by atoms with Gasteiger partial charge in [-0.15, -0.1) is 0 Å². The molecule has 1 N–H and O–H groups in total. The number of nitrogens with zero attached hydrogens (tertiary/aromatic N) is 4. The van der Waals surface area contributed by atoms with E-state index in [9.17, 15) is 18.0 Å². The first-order valence-electron chi connectivity index (χ1n) is 8.44. The summed E-state index contributed by atoms with van der Waals surface area (Å²) < 4.78 is 32.6. The number of aliphatic imine (C=N–C) groups is 1. The number of amides is 3. The molecule has 0 aromatic carbocycles. The van der Waals surface area contributed by atoms with E-state index >= 15 is 0 Å². The lowest BCUT2D eigenvalue weighted by atomic mass is 10.0. The van der Waals surface area contributed by atoms with Crippen LogP contribution in [0.25, 0.3) is 0 Å². The van der Waals surface area contributed by atoms with Gasteiger partial charge in [0.05, 0.1) is 29.6 Å². The average molecular weight is 401 g/mol. The molecule has 11 heteroatoms. The van der Waals surface area contributed by atoms with Gasteiger partial charge in [0, 0.05) is 6.07 Å². The van der Waals surface area contributed by atoms with Crippen LogP contribution in [0.1, 0.15) is 24.3 Å². The summed E-state index contributed by atoms with van der Waals surface area (Å²) in [6, 6.07) is 2.78. The Morgan fingerprint density at radius 1 is 1.43 bits per heavy atom. The maximum atomic E-state index is 12.8. The molecule has 28 heavy (non-hydrogen) atoms. The standard InChI is InChI=1S/C17H15N5O5S/c1-10-6-11(27-20-10)8-22-15(23)13-7-12(2-3-14(13)19-16(22)24)28(25,26)21-17(9-18)4-5-17/h2-3,6-7,12,21H,4-5,8H2,1H3. The maximum Gasteiger partial charge on any atom is 0.351 e. The smallest absolute Gasteiger partial charge is 0.351 e. The minimum absolute atomic E-state index is 0.00974. The van der Waals surface area contributed by atoms with Crippen molar-refractivity contribution >= 4 is 27.7 Å². The number of aromatic nitrogens is 1. The van der Waals surface area contributed by atoms with Crippen LogP contribution in [-0.4, -0.2) is 46.9 Å². The minimum Gasteiger partial charge on any atom is -0.359 e. The molecule has 1 atom stereocenters. The van der Waals surface area contributed by atoms with E-state index in [0.29, 0.717) is 24.3 Å². The van der Waals surface area contributed by atoms with Crippen molar-refractivity contribution in [2.75, 3.05) is 0 Å². The lowest BCUT2D eigenvalue weighted by Gasteiger charge is -2.26. The first-order chi connectivity index (χ1) is 13.2. The number of nitriles is 1. The highest BCUT2D eigenvalue weighted by atomic mass is 32.2. The highest BCUT2D eigenvalue weighted by Crippen LogP contribution is 2.36. The molecular weight excluding hydrogens is 386 g/mol. The van der Waals surface area contributed by atoms with Gasteiger partial charge in [0.1, 0.15) is 10.8 Å². The summed E-state index contributed by atoms with van der Waals surface area (Å²) in [5.74, 6) is -0.365. The van der Waals surface area contributed by atoms with Crippen molar-refractivity contribution in [2.45, 2.75) is 37.1 Å². The Bertz CT molecular complexity index is 1120. The first-order valence-corrected chi connectivity index (χ1v) is 9.99. The Hall–Kier alpha value is -3.10. The van der Waals surface area contributed by atoms with Gasteiger partial charge in [-0.1, -0.05) is 11.2 Å². The molecule has 3 amide bonds. The summed E-state index contributed by atoms with van der Waals surface area (Å²) in [5, 5.41) is 11.7. The van der Waals surface area contributed by atoms with Crippen LogP contribution < -0.4 is 4.72 Å². The molecule has 1 aromatic rings. The molecule has 0 bridgehead atoms. The van der Waals surface area contributed by atoms with Gasteiger partial charge in [0.15, 0.2) is 5.76 Å². The summed E-state index contributed by atoms with van der Waals surface area (Å²) >= 11 is 0. The predicted molar refractivity (Wildman–Crippen MR) is 95.3 cm³/mol. The number of rotatable bonds is 5. The van der Waals surface area contributed by atoms with Gasteiger partial charge >= 0.3 is 6.03 Å². The normalized spacial score (nSPS) is 23.0.